The van der Waals surface area contributed by atoms with E-state index in [9.17, 15) is 4.79 Å². The van der Waals surface area contributed by atoms with Gasteiger partial charge in [-0.3, -0.25) is 4.79 Å². The van der Waals surface area contributed by atoms with Gasteiger partial charge in [-0.1, -0.05) is 32.0 Å². The highest BCUT2D eigenvalue weighted by molar-refractivity contribution is 8.00. The Morgan fingerprint density at radius 3 is 2.37 bits per heavy atom. The van der Waals surface area contributed by atoms with Crippen LogP contribution in [0.2, 0.25) is 0 Å². The van der Waals surface area contributed by atoms with Crippen LogP contribution in [0.1, 0.15) is 26.7 Å². The number of hydrogen-bond acceptors (Lipinski definition) is 3. The van der Waals surface area contributed by atoms with Crippen molar-refractivity contribution in [3.8, 4) is 0 Å². The summed E-state index contributed by atoms with van der Waals surface area (Å²) in [6, 6.07) is 9.92. The highest BCUT2D eigenvalue weighted by Gasteiger charge is 2.20. The fourth-order valence-corrected chi connectivity index (χ4v) is 2.24. The monoisotopic (exact) mass is 302 g/mol. The second-order valence-corrected chi connectivity index (χ2v) is 5.50. The molecule has 0 aliphatic rings. The van der Waals surface area contributed by atoms with E-state index in [1.54, 1.807) is 11.8 Å². The van der Waals surface area contributed by atoms with Crippen molar-refractivity contribution < 1.29 is 4.79 Å². The van der Waals surface area contributed by atoms with Crippen molar-refractivity contribution in [2.24, 2.45) is 5.73 Å². The summed E-state index contributed by atoms with van der Waals surface area (Å²) in [6.45, 7) is 4.65. The lowest BCUT2D eigenvalue weighted by atomic mass is 9.94. The number of nitrogens with two attached hydrogens (primary N) is 1. The molecule has 0 heterocycles. The van der Waals surface area contributed by atoms with E-state index < -0.39 is 0 Å². The van der Waals surface area contributed by atoms with Crippen LogP contribution in [0.4, 0.5) is 0 Å². The lowest BCUT2D eigenvalue weighted by Crippen LogP contribution is -2.49. The zero-order chi connectivity index (χ0) is 13.4. The first kappa shape index (κ1) is 18.3. The average Bonchev–Trinajstić information content (AvgIpc) is 2.43. The lowest BCUT2D eigenvalue weighted by molar-refractivity contribution is -0.118. The Kier molecular flexibility index (Phi) is 8.89. The normalized spacial score (nSPS) is 10.7. The van der Waals surface area contributed by atoms with Gasteiger partial charge in [-0.05, 0) is 25.0 Å². The Balaban J connectivity index is 0.00000324. The summed E-state index contributed by atoms with van der Waals surface area (Å²) in [5, 5.41) is 2.91. The first-order valence-electron chi connectivity index (χ1n) is 6.33. The first-order valence-corrected chi connectivity index (χ1v) is 7.31. The Hall–Kier alpha value is -0.710. The van der Waals surface area contributed by atoms with Crippen molar-refractivity contribution in [2.45, 2.75) is 37.1 Å². The fraction of sp³-hybridized carbons (Fsp3) is 0.500. The van der Waals surface area contributed by atoms with Crippen molar-refractivity contribution >= 4 is 30.1 Å². The zero-order valence-corrected chi connectivity index (χ0v) is 13.2. The minimum atomic E-state index is -0.271. The van der Waals surface area contributed by atoms with Crippen LogP contribution in [0, 0.1) is 0 Å². The molecule has 0 fully saturated rings. The van der Waals surface area contributed by atoms with E-state index in [0.29, 0.717) is 12.3 Å². The van der Waals surface area contributed by atoms with Gasteiger partial charge in [0.15, 0.2) is 0 Å². The Labute approximate surface area is 126 Å². The lowest BCUT2D eigenvalue weighted by Gasteiger charge is -2.26. The van der Waals surface area contributed by atoms with Crippen LogP contribution in [0.3, 0.4) is 0 Å². The molecule has 0 unspecified atom stereocenters. The summed E-state index contributed by atoms with van der Waals surface area (Å²) >= 11 is 1.54. The summed E-state index contributed by atoms with van der Waals surface area (Å²) in [5.41, 5.74) is 5.86. The van der Waals surface area contributed by atoms with Crippen molar-refractivity contribution in [2.75, 3.05) is 12.3 Å². The molecule has 0 aliphatic heterocycles. The second-order valence-electron chi connectivity index (χ2n) is 4.45. The average molecular weight is 303 g/mol. The number of carbonyl (C=O) groups is 1. The zero-order valence-electron chi connectivity index (χ0n) is 11.5. The maximum Gasteiger partial charge on any atom is 0.230 e. The van der Waals surface area contributed by atoms with Crippen molar-refractivity contribution in [1.82, 2.24) is 5.32 Å². The van der Waals surface area contributed by atoms with E-state index in [4.69, 9.17) is 5.73 Å². The predicted molar refractivity (Wildman–Crippen MR) is 84.9 cm³/mol. The molecule has 0 aliphatic carbocycles. The molecule has 1 aromatic carbocycles. The predicted octanol–water partition coefficient (Wildman–Crippen LogP) is 2.83. The molecule has 5 heteroatoms. The van der Waals surface area contributed by atoms with Crippen LogP contribution >= 0.6 is 24.2 Å². The van der Waals surface area contributed by atoms with Crippen LogP contribution < -0.4 is 11.1 Å². The van der Waals surface area contributed by atoms with E-state index in [-0.39, 0.29) is 23.9 Å². The molecule has 0 saturated carbocycles. The topological polar surface area (TPSA) is 55.1 Å². The third-order valence-electron chi connectivity index (χ3n) is 3.16. The largest absolute Gasteiger partial charge is 0.354 e. The number of benzene rings is 1. The summed E-state index contributed by atoms with van der Waals surface area (Å²) in [7, 11) is 0. The summed E-state index contributed by atoms with van der Waals surface area (Å²) in [6.07, 6.45) is 1.74. The molecule has 108 valence electrons. The minimum Gasteiger partial charge on any atom is -0.354 e. The molecule has 0 atom stereocenters. The van der Waals surface area contributed by atoms with Crippen molar-refractivity contribution in [3.05, 3.63) is 30.3 Å². The van der Waals surface area contributed by atoms with E-state index >= 15 is 0 Å². The van der Waals surface area contributed by atoms with Crippen LogP contribution in [0.25, 0.3) is 0 Å². The molecule has 1 aromatic rings. The van der Waals surface area contributed by atoms with Gasteiger partial charge in [0, 0.05) is 17.0 Å². The Bertz CT molecular complexity index is 369. The van der Waals surface area contributed by atoms with E-state index in [0.717, 1.165) is 17.7 Å². The number of carbonyl (C=O) groups excluding carboxylic acids is 1. The van der Waals surface area contributed by atoms with Crippen molar-refractivity contribution in [1.29, 1.82) is 0 Å². The molecule has 0 bridgehead atoms. The number of amides is 1. The second kappa shape index (κ2) is 9.23. The maximum atomic E-state index is 11.7. The van der Waals surface area contributed by atoms with E-state index in [2.05, 4.69) is 5.32 Å². The smallest absolute Gasteiger partial charge is 0.230 e. The minimum absolute atomic E-state index is 0. The van der Waals surface area contributed by atoms with Gasteiger partial charge < -0.3 is 11.1 Å². The molecule has 3 nitrogen and oxygen atoms in total. The molecule has 0 radical (unpaired) electrons. The SMILES string of the molecule is CCC(N)(CC)CNC(=O)CSc1ccccc1.Cl. The van der Waals surface area contributed by atoms with Gasteiger partial charge in [0.25, 0.3) is 0 Å². The molecule has 0 spiro atoms. The molecule has 0 aromatic heterocycles. The van der Waals surface area contributed by atoms with E-state index in [1.165, 1.54) is 0 Å². The molecule has 1 rings (SSSR count). The van der Waals surface area contributed by atoms with Crippen LogP contribution in [-0.4, -0.2) is 23.7 Å². The highest BCUT2D eigenvalue weighted by atomic mass is 35.5. The Morgan fingerprint density at radius 1 is 1.26 bits per heavy atom. The van der Waals surface area contributed by atoms with Gasteiger partial charge in [0.2, 0.25) is 5.91 Å². The van der Waals surface area contributed by atoms with Gasteiger partial charge in [0.05, 0.1) is 5.75 Å². The Morgan fingerprint density at radius 2 is 1.84 bits per heavy atom. The number of thioether (sulfide) groups is 1. The van der Waals surface area contributed by atoms with E-state index in [1.807, 2.05) is 44.2 Å². The fourth-order valence-electron chi connectivity index (χ4n) is 1.49. The van der Waals surface area contributed by atoms with Crippen LogP contribution in [0.15, 0.2) is 35.2 Å². The number of rotatable bonds is 7. The summed E-state index contributed by atoms with van der Waals surface area (Å²) in [5.74, 6) is 0.480. The quantitative estimate of drug-likeness (QED) is 0.762. The third kappa shape index (κ3) is 6.85. The third-order valence-corrected chi connectivity index (χ3v) is 4.17. The number of halogens is 1. The molecular formula is C14H23ClN2OS. The number of nitrogens with one attached hydrogen (secondary N) is 1. The molecule has 19 heavy (non-hydrogen) atoms. The molecule has 1 amide bonds. The molecule has 0 saturated heterocycles. The van der Waals surface area contributed by atoms with Gasteiger partial charge in [-0.15, -0.1) is 24.2 Å². The van der Waals surface area contributed by atoms with Crippen molar-refractivity contribution in [3.63, 3.8) is 0 Å². The highest BCUT2D eigenvalue weighted by Crippen LogP contribution is 2.16. The van der Waals surface area contributed by atoms with Gasteiger partial charge in [-0.2, -0.15) is 0 Å². The van der Waals surface area contributed by atoms with Gasteiger partial charge in [-0.25, -0.2) is 0 Å². The first-order chi connectivity index (χ1) is 8.59. The van der Waals surface area contributed by atoms with Crippen LogP contribution in [0.5, 0.6) is 0 Å². The van der Waals surface area contributed by atoms with Gasteiger partial charge in [0.1, 0.15) is 0 Å². The maximum absolute atomic E-state index is 11.7. The van der Waals surface area contributed by atoms with Crippen LogP contribution in [-0.2, 0) is 4.79 Å². The summed E-state index contributed by atoms with van der Waals surface area (Å²) < 4.78 is 0. The molecule has 3 N–H and O–H groups in total. The standard InChI is InChI=1S/C14H22N2OS.ClH/c1-3-14(15,4-2)11-16-13(17)10-18-12-8-6-5-7-9-12;/h5-9H,3-4,10-11,15H2,1-2H3,(H,16,17);1H. The van der Waals surface area contributed by atoms with Gasteiger partial charge >= 0.3 is 0 Å². The molecular weight excluding hydrogens is 280 g/mol. The number of hydrogen-bond donors (Lipinski definition) is 2. The summed E-state index contributed by atoms with van der Waals surface area (Å²) in [4.78, 5) is 12.8.